The number of carbonyl (C=O) groups excluding carboxylic acids is 1. The average molecular weight is 312 g/mol. The Kier molecular flexibility index (Phi) is 5.08. The van der Waals surface area contributed by atoms with Crippen molar-refractivity contribution in [2.45, 2.75) is 44.8 Å². The van der Waals surface area contributed by atoms with Gasteiger partial charge >= 0.3 is 0 Å². The van der Waals surface area contributed by atoms with Crippen LogP contribution in [0.4, 0.5) is 0 Å². The monoisotopic (exact) mass is 312 g/mol. The Hall–Kier alpha value is -2.14. The molecule has 1 heterocycles. The molecule has 3 N–H and O–H groups in total. The van der Waals surface area contributed by atoms with Crippen molar-refractivity contribution in [3.63, 3.8) is 0 Å². The zero-order chi connectivity index (χ0) is 16.1. The first-order valence-corrected chi connectivity index (χ1v) is 8.26. The van der Waals surface area contributed by atoms with Crippen molar-refractivity contribution in [1.82, 2.24) is 14.9 Å². The zero-order valence-corrected chi connectivity index (χ0v) is 13.3. The van der Waals surface area contributed by atoms with E-state index in [0.29, 0.717) is 18.9 Å². The van der Waals surface area contributed by atoms with Gasteiger partial charge in [-0.05, 0) is 29.9 Å². The van der Waals surface area contributed by atoms with Crippen LogP contribution in [0.15, 0.2) is 43.0 Å². The molecular weight excluding hydrogens is 288 g/mol. The van der Waals surface area contributed by atoms with Crippen LogP contribution in [-0.4, -0.2) is 21.5 Å². The molecule has 1 aromatic heterocycles. The van der Waals surface area contributed by atoms with Crippen LogP contribution < -0.4 is 11.1 Å². The van der Waals surface area contributed by atoms with Gasteiger partial charge in [0.05, 0.1) is 6.33 Å². The van der Waals surface area contributed by atoms with Crippen molar-refractivity contribution < 1.29 is 4.79 Å². The van der Waals surface area contributed by atoms with Gasteiger partial charge in [0.15, 0.2) is 0 Å². The predicted molar refractivity (Wildman–Crippen MR) is 89.6 cm³/mol. The van der Waals surface area contributed by atoms with E-state index in [1.54, 1.807) is 12.5 Å². The van der Waals surface area contributed by atoms with Gasteiger partial charge in [0.25, 0.3) is 0 Å². The molecule has 0 saturated heterocycles. The van der Waals surface area contributed by atoms with Crippen molar-refractivity contribution in [1.29, 1.82) is 0 Å². The highest BCUT2D eigenvalue weighted by Crippen LogP contribution is 2.26. The van der Waals surface area contributed by atoms with E-state index in [4.69, 9.17) is 5.73 Å². The van der Waals surface area contributed by atoms with Crippen LogP contribution in [-0.2, 0) is 17.9 Å². The van der Waals surface area contributed by atoms with Crippen molar-refractivity contribution in [2.24, 2.45) is 11.7 Å². The minimum Gasteiger partial charge on any atom is -0.352 e. The van der Waals surface area contributed by atoms with E-state index in [9.17, 15) is 4.79 Å². The Bertz CT molecular complexity index is 638. The number of amides is 1. The molecule has 0 bridgehead atoms. The summed E-state index contributed by atoms with van der Waals surface area (Å²) < 4.78 is 2.03. The molecule has 3 rings (SSSR count). The number of rotatable bonds is 6. The maximum atomic E-state index is 12.1. The highest BCUT2D eigenvalue weighted by atomic mass is 16.1. The Morgan fingerprint density at radius 2 is 2.22 bits per heavy atom. The predicted octanol–water partition coefficient (Wildman–Crippen LogP) is 2.07. The van der Waals surface area contributed by atoms with Crippen molar-refractivity contribution >= 4 is 5.91 Å². The molecular formula is C18H24N4O. The van der Waals surface area contributed by atoms with Gasteiger partial charge in [-0.1, -0.05) is 30.7 Å². The first-order chi connectivity index (χ1) is 11.2. The number of carbonyl (C=O) groups is 1. The third kappa shape index (κ3) is 4.42. The Balaban J connectivity index is 1.50. The summed E-state index contributed by atoms with van der Waals surface area (Å²) >= 11 is 0. The highest BCUT2D eigenvalue weighted by Gasteiger charge is 2.25. The van der Waals surface area contributed by atoms with Crippen molar-refractivity contribution in [3.05, 3.63) is 54.1 Å². The zero-order valence-electron chi connectivity index (χ0n) is 13.3. The van der Waals surface area contributed by atoms with Crippen LogP contribution in [0, 0.1) is 5.92 Å². The van der Waals surface area contributed by atoms with Crippen LogP contribution in [0.5, 0.6) is 0 Å². The fourth-order valence-electron chi connectivity index (χ4n) is 3.26. The Morgan fingerprint density at radius 1 is 1.35 bits per heavy atom. The molecule has 2 aromatic rings. The molecule has 0 unspecified atom stereocenters. The van der Waals surface area contributed by atoms with E-state index < -0.39 is 0 Å². The maximum absolute atomic E-state index is 12.1. The Morgan fingerprint density at radius 3 is 2.96 bits per heavy atom. The van der Waals surface area contributed by atoms with Gasteiger partial charge in [0.2, 0.25) is 5.91 Å². The Labute approximate surface area is 136 Å². The van der Waals surface area contributed by atoms with Gasteiger partial charge < -0.3 is 15.6 Å². The number of nitrogens with zero attached hydrogens (tertiary/aromatic N) is 2. The molecule has 5 heteroatoms. The summed E-state index contributed by atoms with van der Waals surface area (Å²) in [4.78, 5) is 16.1. The normalized spacial score (nSPS) is 20.6. The van der Waals surface area contributed by atoms with Crippen molar-refractivity contribution in [3.8, 4) is 0 Å². The minimum atomic E-state index is 0.104. The second-order valence-electron chi connectivity index (χ2n) is 6.39. The number of aromatic nitrogens is 2. The van der Waals surface area contributed by atoms with E-state index >= 15 is 0 Å². The second-order valence-corrected chi connectivity index (χ2v) is 6.39. The lowest BCUT2D eigenvalue weighted by atomic mass is 10.00. The summed E-state index contributed by atoms with van der Waals surface area (Å²) in [6.07, 6.45) is 9.35. The smallest absolute Gasteiger partial charge is 0.220 e. The number of hydrogen-bond donors (Lipinski definition) is 2. The lowest BCUT2D eigenvalue weighted by molar-refractivity contribution is -0.122. The molecule has 1 aliphatic carbocycles. The highest BCUT2D eigenvalue weighted by molar-refractivity contribution is 5.76. The van der Waals surface area contributed by atoms with E-state index in [0.717, 1.165) is 31.4 Å². The fraction of sp³-hybridized carbons (Fsp3) is 0.444. The largest absolute Gasteiger partial charge is 0.352 e. The number of benzene rings is 1. The lowest BCUT2D eigenvalue weighted by Gasteiger charge is -2.15. The summed E-state index contributed by atoms with van der Waals surface area (Å²) in [6, 6.07) is 8.48. The molecule has 23 heavy (non-hydrogen) atoms. The quantitative estimate of drug-likeness (QED) is 0.857. The molecule has 0 aliphatic heterocycles. The van der Waals surface area contributed by atoms with E-state index in [2.05, 4.69) is 22.4 Å². The summed E-state index contributed by atoms with van der Waals surface area (Å²) in [5, 5.41) is 3.02. The van der Waals surface area contributed by atoms with Gasteiger partial charge in [0.1, 0.15) is 0 Å². The van der Waals surface area contributed by atoms with Gasteiger partial charge in [-0.3, -0.25) is 4.79 Å². The molecule has 2 atom stereocenters. The molecule has 122 valence electrons. The van der Waals surface area contributed by atoms with Gasteiger partial charge in [-0.2, -0.15) is 0 Å². The van der Waals surface area contributed by atoms with Gasteiger partial charge in [-0.25, -0.2) is 4.98 Å². The van der Waals surface area contributed by atoms with Crippen LogP contribution in [0.25, 0.3) is 0 Å². The maximum Gasteiger partial charge on any atom is 0.220 e. The SMILES string of the molecule is N[C@@H]1CCC[C@H]1CC(=O)NCc1cccc(Cn2ccnc2)c1. The van der Waals surface area contributed by atoms with Crippen LogP contribution in [0.3, 0.4) is 0 Å². The molecule has 5 nitrogen and oxygen atoms in total. The first-order valence-electron chi connectivity index (χ1n) is 8.26. The average Bonchev–Trinajstić information content (AvgIpc) is 3.18. The summed E-state index contributed by atoms with van der Waals surface area (Å²) in [7, 11) is 0. The molecule has 1 aromatic carbocycles. The number of imidazole rings is 1. The number of hydrogen-bond acceptors (Lipinski definition) is 3. The van der Waals surface area contributed by atoms with Gasteiger partial charge in [-0.15, -0.1) is 0 Å². The van der Waals surface area contributed by atoms with E-state index in [-0.39, 0.29) is 11.9 Å². The third-order valence-electron chi connectivity index (χ3n) is 4.57. The molecule has 1 aliphatic rings. The standard InChI is InChI=1S/C18H24N4O/c19-17-6-2-5-16(17)10-18(23)21-11-14-3-1-4-15(9-14)12-22-8-7-20-13-22/h1,3-4,7-9,13,16-17H,2,5-6,10-12,19H2,(H,21,23)/t16-,17+/m0/s1. The van der Waals surface area contributed by atoms with Gasteiger partial charge in [0, 0.05) is 37.9 Å². The summed E-state index contributed by atoms with van der Waals surface area (Å²) in [5.41, 5.74) is 8.35. The summed E-state index contributed by atoms with van der Waals surface area (Å²) in [5.74, 6) is 0.454. The second kappa shape index (κ2) is 7.42. The third-order valence-corrected chi connectivity index (χ3v) is 4.57. The van der Waals surface area contributed by atoms with Crippen molar-refractivity contribution in [2.75, 3.05) is 0 Å². The first kappa shape index (κ1) is 15.7. The number of nitrogens with one attached hydrogen (secondary N) is 1. The fourth-order valence-corrected chi connectivity index (χ4v) is 3.26. The van der Waals surface area contributed by atoms with Crippen LogP contribution in [0.2, 0.25) is 0 Å². The van der Waals surface area contributed by atoms with E-state index in [1.165, 1.54) is 5.56 Å². The lowest BCUT2D eigenvalue weighted by Crippen LogP contribution is -2.31. The minimum absolute atomic E-state index is 0.104. The molecule has 0 radical (unpaired) electrons. The topological polar surface area (TPSA) is 72.9 Å². The molecule has 1 amide bonds. The van der Waals surface area contributed by atoms with E-state index in [1.807, 2.05) is 22.9 Å². The molecule has 1 fully saturated rings. The number of nitrogens with two attached hydrogens (primary N) is 1. The summed E-state index contributed by atoms with van der Waals surface area (Å²) in [6.45, 7) is 1.36. The molecule has 1 saturated carbocycles. The van der Waals surface area contributed by atoms with Crippen LogP contribution in [0.1, 0.15) is 36.8 Å². The molecule has 0 spiro atoms. The van der Waals surface area contributed by atoms with Crippen LogP contribution >= 0.6 is 0 Å².